The average Bonchev–Trinajstić information content (AvgIpc) is 2.45. The lowest BCUT2D eigenvalue weighted by molar-refractivity contribution is -0.231. The number of aliphatic hydroxyl groups is 1. The number of halogens is 3. The van der Waals surface area contributed by atoms with Crippen LogP contribution >= 0.6 is 0 Å². The van der Waals surface area contributed by atoms with Gasteiger partial charge in [-0.25, -0.2) is 0 Å². The zero-order valence-corrected chi connectivity index (χ0v) is 10.8. The molecule has 0 bridgehead atoms. The summed E-state index contributed by atoms with van der Waals surface area (Å²) in [6, 6.07) is 4.72. The van der Waals surface area contributed by atoms with Crippen molar-refractivity contribution in [2.75, 3.05) is 33.0 Å². The lowest BCUT2D eigenvalue weighted by atomic mass is 10.0. The molecule has 20 heavy (non-hydrogen) atoms. The highest BCUT2D eigenvalue weighted by atomic mass is 19.4. The summed E-state index contributed by atoms with van der Waals surface area (Å²) < 4.78 is 43.5. The van der Waals surface area contributed by atoms with Crippen LogP contribution in [0.1, 0.15) is 17.2 Å². The fourth-order valence-electron chi connectivity index (χ4n) is 2.09. The van der Waals surface area contributed by atoms with Gasteiger partial charge in [0.1, 0.15) is 0 Å². The number of nitrogens with zero attached hydrogens (tertiary/aromatic N) is 1. The molecule has 1 aliphatic rings. The van der Waals surface area contributed by atoms with Crippen molar-refractivity contribution in [3.8, 4) is 0 Å². The van der Waals surface area contributed by atoms with Crippen molar-refractivity contribution in [3.63, 3.8) is 0 Å². The maximum absolute atomic E-state index is 12.7. The van der Waals surface area contributed by atoms with E-state index in [1.54, 1.807) is 11.1 Å². The topological polar surface area (TPSA) is 41.9 Å². The third kappa shape index (κ3) is 3.69. The largest absolute Gasteiger partial charge is 0.416 e. The number of alkyl halides is 3. The molecule has 0 saturated carbocycles. The van der Waals surface area contributed by atoms with Gasteiger partial charge in [-0.15, -0.1) is 0 Å². The van der Waals surface area contributed by atoms with E-state index in [4.69, 9.17) is 14.7 Å². The molecular formula is C13H16F3NO3. The zero-order valence-electron chi connectivity index (χ0n) is 10.8. The van der Waals surface area contributed by atoms with Crippen LogP contribution in [-0.2, 0) is 15.8 Å². The van der Waals surface area contributed by atoms with E-state index in [1.165, 1.54) is 6.07 Å². The molecule has 1 aliphatic heterocycles. The van der Waals surface area contributed by atoms with Crippen molar-refractivity contribution < 1.29 is 27.9 Å². The minimum Gasteiger partial charge on any atom is -0.394 e. The molecule has 1 aromatic carbocycles. The van der Waals surface area contributed by atoms with E-state index in [2.05, 4.69) is 0 Å². The van der Waals surface area contributed by atoms with Gasteiger partial charge < -0.3 is 9.84 Å². The number of benzene rings is 1. The first-order valence-electron chi connectivity index (χ1n) is 6.27. The highest BCUT2D eigenvalue weighted by Crippen LogP contribution is 2.32. The molecule has 1 saturated heterocycles. The van der Waals surface area contributed by atoms with E-state index in [9.17, 15) is 13.2 Å². The molecule has 7 heteroatoms. The summed E-state index contributed by atoms with van der Waals surface area (Å²) in [7, 11) is 0. The Morgan fingerprint density at radius 1 is 1.40 bits per heavy atom. The Balaban J connectivity index is 2.19. The van der Waals surface area contributed by atoms with Gasteiger partial charge in [-0.05, 0) is 17.7 Å². The number of aliphatic hydroxyl groups excluding tert-OH is 1. The van der Waals surface area contributed by atoms with E-state index in [0.29, 0.717) is 18.7 Å². The molecule has 1 unspecified atom stereocenters. The highest BCUT2D eigenvalue weighted by molar-refractivity contribution is 5.28. The SMILES string of the molecule is OCCON1CCOCC1c1cccc(C(F)(F)F)c1. The van der Waals surface area contributed by atoms with Crippen LogP contribution in [0.15, 0.2) is 24.3 Å². The average molecular weight is 291 g/mol. The Kier molecular flexibility index (Phi) is 4.98. The Morgan fingerprint density at radius 2 is 2.20 bits per heavy atom. The molecule has 1 fully saturated rings. The van der Waals surface area contributed by atoms with Crippen molar-refractivity contribution in [1.82, 2.24) is 5.06 Å². The molecular weight excluding hydrogens is 275 g/mol. The van der Waals surface area contributed by atoms with Gasteiger partial charge in [0.15, 0.2) is 0 Å². The maximum Gasteiger partial charge on any atom is 0.416 e. The van der Waals surface area contributed by atoms with Crippen LogP contribution in [0.5, 0.6) is 0 Å². The molecule has 1 N–H and O–H groups in total. The maximum atomic E-state index is 12.7. The Bertz CT molecular complexity index is 439. The first-order valence-corrected chi connectivity index (χ1v) is 6.27. The van der Waals surface area contributed by atoms with Crippen LogP contribution in [0.3, 0.4) is 0 Å². The lowest BCUT2D eigenvalue weighted by Crippen LogP contribution is -2.40. The summed E-state index contributed by atoms with van der Waals surface area (Å²) in [6.07, 6.45) is -4.37. The van der Waals surface area contributed by atoms with Crippen LogP contribution in [0.2, 0.25) is 0 Å². The fourth-order valence-corrected chi connectivity index (χ4v) is 2.09. The van der Waals surface area contributed by atoms with Crippen LogP contribution in [0.25, 0.3) is 0 Å². The molecule has 4 nitrogen and oxygen atoms in total. The second kappa shape index (κ2) is 6.53. The number of morpholine rings is 1. The number of hydroxylamine groups is 2. The second-order valence-corrected chi connectivity index (χ2v) is 4.41. The molecule has 1 atom stereocenters. The van der Waals surface area contributed by atoms with Gasteiger partial charge >= 0.3 is 6.18 Å². The standard InChI is InChI=1S/C13H16F3NO3/c14-13(15,16)11-3-1-2-10(8-11)12-9-19-6-4-17(12)20-7-5-18/h1-3,8,12,18H,4-7,9H2. The normalized spacial score (nSPS) is 21.1. The molecule has 0 aliphatic carbocycles. The second-order valence-electron chi connectivity index (χ2n) is 4.41. The summed E-state index contributed by atoms with van der Waals surface area (Å²) in [6.45, 7) is 1.11. The van der Waals surface area contributed by atoms with Gasteiger partial charge in [-0.1, -0.05) is 12.1 Å². The predicted octanol–water partition coefficient (Wildman–Crippen LogP) is 2.00. The zero-order chi connectivity index (χ0) is 14.6. The minimum atomic E-state index is -4.37. The number of rotatable bonds is 4. The number of hydrogen-bond donors (Lipinski definition) is 1. The van der Waals surface area contributed by atoms with Crippen molar-refractivity contribution in [3.05, 3.63) is 35.4 Å². The van der Waals surface area contributed by atoms with Crippen molar-refractivity contribution in [2.24, 2.45) is 0 Å². The minimum absolute atomic E-state index is 0.107. The smallest absolute Gasteiger partial charge is 0.394 e. The van der Waals surface area contributed by atoms with Crippen LogP contribution in [0.4, 0.5) is 13.2 Å². The Morgan fingerprint density at radius 3 is 2.90 bits per heavy atom. The van der Waals surface area contributed by atoms with Gasteiger partial charge in [0, 0.05) is 6.54 Å². The summed E-state index contributed by atoms with van der Waals surface area (Å²) in [5.74, 6) is 0. The predicted molar refractivity (Wildman–Crippen MR) is 64.7 cm³/mol. The molecule has 2 rings (SSSR count). The van der Waals surface area contributed by atoms with E-state index in [0.717, 1.165) is 12.1 Å². The molecule has 0 radical (unpaired) electrons. The van der Waals surface area contributed by atoms with Gasteiger partial charge in [-0.2, -0.15) is 18.2 Å². The van der Waals surface area contributed by atoms with Crippen molar-refractivity contribution in [1.29, 1.82) is 0 Å². The summed E-state index contributed by atoms with van der Waals surface area (Å²) in [5, 5.41) is 10.3. The van der Waals surface area contributed by atoms with Crippen LogP contribution < -0.4 is 0 Å². The Hall–Kier alpha value is -1.15. The summed E-state index contributed by atoms with van der Waals surface area (Å²) in [5.41, 5.74) is -0.208. The first kappa shape index (κ1) is 15.2. The monoisotopic (exact) mass is 291 g/mol. The van der Waals surface area contributed by atoms with Crippen LogP contribution in [0, 0.1) is 0 Å². The van der Waals surface area contributed by atoms with Gasteiger partial charge in [0.2, 0.25) is 0 Å². The molecule has 1 heterocycles. The molecule has 0 aromatic heterocycles. The third-order valence-electron chi connectivity index (χ3n) is 3.03. The number of ether oxygens (including phenoxy) is 1. The molecule has 0 amide bonds. The fraction of sp³-hybridized carbons (Fsp3) is 0.538. The molecule has 0 spiro atoms. The lowest BCUT2D eigenvalue weighted by Gasteiger charge is -2.34. The highest BCUT2D eigenvalue weighted by Gasteiger charge is 2.32. The summed E-state index contributed by atoms with van der Waals surface area (Å²) in [4.78, 5) is 5.35. The van der Waals surface area contributed by atoms with Gasteiger partial charge in [0.25, 0.3) is 0 Å². The van der Waals surface area contributed by atoms with Crippen LogP contribution in [-0.4, -0.2) is 43.1 Å². The van der Waals surface area contributed by atoms with E-state index in [-0.39, 0.29) is 19.8 Å². The van der Waals surface area contributed by atoms with Crippen molar-refractivity contribution in [2.45, 2.75) is 12.2 Å². The summed E-state index contributed by atoms with van der Waals surface area (Å²) >= 11 is 0. The van der Waals surface area contributed by atoms with Gasteiger partial charge in [0.05, 0.1) is 38.0 Å². The first-order chi connectivity index (χ1) is 9.52. The van der Waals surface area contributed by atoms with E-state index >= 15 is 0 Å². The van der Waals surface area contributed by atoms with E-state index < -0.39 is 17.8 Å². The van der Waals surface area contributed by atoms with Crippen molar-refractivity contribution >= 4 is 0 Å². The quantitative estimate of drug-likeness (QED) is 0.921. The molecule has 112 valence electrons. The Labute approximate surface area is 114 Å². The third-order valence-corrected chi connectivity index (χ3v) is 3.03. The molecule has 1 aromatic rings. The number of hydrogen-bond acceptors (Lipinski definition) is 4. The van der Waals surface area contributed by atoms with E-state index in [1.807, 2.05) is 0 Å². The van der Waals surface area contributed by atoms with Gasteiger partial charge in [-0.3, -0.25) is 4.84 Å².